The number of hydrogen-bond donors (Lipinski definition) is 4. The lowest BCUT2D eigenvalue weighted by Crippen LogP contribution is -2.36. The molecule has 46 heavy (non-hydrogen) atoms. The minimum Gasteiger partial charge on any atom is -0.494 e. The van der Waals surface area contributed by atoms with Gasteiger partial charge in [0, 0.05) is 89.1 Å². The summed E-state index contributed by atoms with van der Waals surface area (Å²) in [5, 5.41) is 20.9. The molecule has 0 radical (unpaired) electrons. The van der Waals surface area contributed by atoms with Gasteiger partial charge in [0.1, 0.15) is 11.6 Å². The second-order valence-corrected chi connectivity index (χ2v) is 14.6. The van der Waals surface area contributed by atoms with Crippen molar-refractivity contribution in [3.05, 3.63) is 64.5 Å². The zero-order valence-electron chi connectivity index (χ0n) is 26.7. The van der Waals surface area contributed by atoms with Gasteiger partial charge in [-0.15, -0.1) is 0 Å². The molecule has 1 aliphatic heterocycles. The van der Waals surface area contributed by atoms with Crippen LogP contribution in [-0.2, 0) is 4.74 Å². The number of allylic oxidation sites excluding steroid dienone is 1. The molecule has 1 saturated carbocycles. The molecule has 3 heterocycles. The molecule has 0 atom stereocenters. The predicted molar refractivity (Wildman–Crippen MR) is 195 cm³/mol. The smallest absolute Gasteiger partial charge is 0.229 e. The first-order valence-corrected chi connectivity index (χ1v) is 18.6. The third-order valence-corrected chi connectivity index (χ3v) is 10.1. The lowest BCUT2D eigenvalue weighted by Gasteiger charge is -2.31. The summed E-state index contributed by atoms with van der Waals surface area (Å²) in [5.41, 5.74) is 6.58. The number of morpholine rings is 1. The van der Waals surface area contributed by atoms with Crippen molar-refractivity contribution < 1.29 is 9.47 Å². The molecule has 2 fully saturated rings. The topological polar surface area (TPSA) is 120 Å². The number of nitrogens with one attached hydrogen (secondary N) is 4. The second-order valence-electron chi connectivity index (χ2n) is 11.5. The fraction of sp³-hybridized carbons (Fsp3) is 0.353. The number of ether oxygens (including phenoxy) is 2. The maximum absolute atomic E-state index is 8.20. The summed E-state index contributed by atoms with van der Waals surface area (Å²) in [5.74, 6) is 2.32. The number of benzene rings is 2. The number of halogens is 1. The van der Waals surface area contributed by atoms with Gasteiger partial charge in [0.15, 0.2) is 0 Å². The number of fused-ring (bicyclic) bond motifs is 1. The molecule has 240 valence electrons. The molecule has 12 heteroatoms. The van der Waals surface area contributed by atoms with Crippen molar-refractivity contribution in [2.45, 2.75) is 25.7 Å². The largest absolute Gasteiger partial charge is 0.494 e. The van der Waals surface area contributed by atoms with Gasteiger partial charge in [-0.05, 0) is 73.3 Å². The van der Waals surface area contributed by atoms with Crippen LogP contribution in [-0.4, -0.2) is 74.5 Å². The summed E-state index contributed by atoms with van der Waals surface area (Å²) in [6.45, 7) is 10.1. The van der Waals surface area contributed by atoms with E-state index in [9.17, 15) is 0 Å². The summed E-state index contributed by atoms with van der Waals surface area (Å²) in [7, 11) is 1.21. The van der Waals surface area contributed by atoms with Crippen molar-refractivity contribution in [3.8, 4) is 5.75 Å². The zero-order chi connectivity index (χ0) is 32.2. The molecular formula is C34H40BrN8O2P. The molecular weight excluding hydrogens is 663 g/mol. The number of aromatic nitrogens is 3. The van der Waals surface area contributed by atoms with Gasteiger partial charge in [-0.2, -0.15) is 4.98 Å². The Morgan fingerprint density at radius 1 is 1.11 bits per heavy atom. The third-order valence-electron chi connectivity index (χ3n) is 8.15. The highest BCUT2D eigenvalue weighted by Crippen LogP contribution is 2.41. The average Bonchev–Trinajstić information content (AvgIpc) is 3.92. The molecule has 2 aromatic heterocycles. The van der Waals surface area contributed by atoms with E-state index < -0.39 is 7.92 Å². The van der Waals surface area contributed by atoms with Crippen LogP contribution in [0.3, 0.4) is 0 Å². The van der Waals surface area contributed by atoms with Gasteiger partial charge in [0.05, 0.1) is 36.0 Å². The maximum atomic E-state index is 8.20. The van der Waals surface area contributed by atoms with Gasteiger partial charge in [-0.25, -0.2) is 4.98 Å². The van der Waals surface area contributed by atoms with Crippen LogP contribution in [0.25, 0.3) is 16.5 Å². The van der Waals surface area contributed by atoms with Gasteiger partial charge < -0.3 is 35.7 Å². The summed E-state index contributed by atoms with van der Waals surface area (Å²) in [6, 6.07) is 12.7. The zero-order valence-corrected chi connectivity index (χ0v) is 29.1. The minimum atomic E-state index is -0.445. The van der Waals surface area contributed by atoms with Crippen molar-refractivity contribution in [3.63, 3.8) is 0 Å². The van der Waals surface area contributed by atoms with E-state index in [0.29, 0.717) is 42.3 Å². The molecule has 2 aliphatic rings. The summed E-state index contributed by atoms with van der Waals surface area (Å²) < 4.78 is 12.2. The highest BCUT2D eigenvalue weighted by atomic mass is 79.9. The number of pyridine rings is 1. The molecule has 1 aliphatic carbocycles. The molecule has 0 unspecified atom stereocenters. The predicted octanol–water partition coefficient (Wildman–Crippen LogP) is 6.96. The van der Waals surface area contributed by atoms with Crippen molar-refractivity contribution >= 4 is 80.7 Å². The summed E-state index contributed by atoms with van der Waals surface area (Å²) in [4.78, 5) is 16.7. The van der Waals surface area contributed by atoms with Crippen molar-refractivity contribution in [2.75, 3.05) is 68.8 Å². The number of anilines is 5. The molecule has 2 aromatic carbocycles. The van der Waals surface area contributed by atoms with Gasteiger partial charge in [-0.3, -0.25) is 4.98 Å². The Balaban J connectivity index is 1.35. The van der Waals surface area contributed by atoms with Crippen molar-refractivity contribution in [1.29, 1.82) is 5.41 Å². The average molecular weight is 704 g/mol. The molecule has 10 nitrogen and oxygen atoms in total. The quantitative estimate of drug-likeness (QED) is 0.0917. The molecule has 4 aromatic rings. The van der Waals surface area contributed by atoms with E-state index >= 15 is 0 Å². The minimum absolute atomic E-state index is 0.412. The van der Waals surface area contributed by atoms with Crippen LogP contribution in [0.2, 0.25) is 0 Å². The third kappa shape index (κ3) is 6.97. The molecule has 4 N–H and O–H groups in total. The summed E-state index contributed by atoms with van der Waals surface area (Å²) in [6.07, 6.45) is 7.46. The second kappa shape index (κ2) is 14.3. The Morgan fingerprint density at radius 2 is 1.91 bits per heavy atom. The first-order valence-electron chi connectivity index (χ1n) is 15.6. The lowest BCUT2D eigenvalue weighted by atomic mass is 10.0. The van der Waals surface area contributed by atoms with Gasteiger partial charge in [0.25, 0.3) is 0 Å². The van der Waals surface area contributed by atoms with Crippen LogP contribution < -0.4 is 30.9 Å². The summed E-state index contributed by atoms with van der Waals surface area (Å²) >= 11 is 3.66. The molecule has 0 amide bonds. The first-order chi connectivity index (χ1) is 22.4. The Bertz CT molecular complexity index is 1770. The van der Waals surface area contributed by atoms with Gasteiger partial charge in [-0.1, -0.05) is 14.0 Å². The van der Waals surface area contributed by atoms with Crippen LogP contribution >= 0.6 is 23.9 Å². The van der Waals surface area contributed by atoms with E-state index in [-0.39, 0.29) is 0 Å². The lowest BCUT2D eigenvalue weighted by molar-refractivity contribution is 0.122. The fourth-order valence-corrected chi connectivity index (χ4v) is 7.27. The van der Waals surface area contributed by atoms with Crippen LogP contribution in [0.4, 0.5) is 28.8 Å². The molecule has 1 saturated heterocycles. The highest BCUT2D eigenvalue weighted by molar-refractivity contribution is 9.10. The monoisotopic (exact) mass is 702 g/mol. The number of rotatable bonds is 12. The van der Waals surface area contributed by atoms with Crippen molar-refractivity contribution in [2.24, 2.45) is 0 Å². The normalized spacial score (nSPS) is 15.3. The van der Waals surface area contributed by atoms with E-state index in [4.69, 9.17) is 24.9 Å². The first kappa shape index (κ1) is 32.2. The Hall–Kier alpha value is -3.79. The van der Waals surface area contributed by atoms with Crippen molar-refractivity contribution in [1.82, 2.24) is 20.3 Å². The van der Waals surface area contributed by atoms with Crippen LogP contribution in [0.1, 0.15) is 36.9 Å². The highest BCUT2D eigenvalue weighted by Gasteiger charge is 2.26. The standard InChI is InChI=1S/C34H40BrN8O2P/c1-5-37-19-22(18-36)24-16-29(31(44-2)17-30(24)43-12-14-45-15-13-43)41-34-38-20-25(35)33(42-34)40-28-11-10-27-23(32(28)46(3)4)8-9-26(39-27)21-6-7-21/h8-11,16-21,36-37H,5-7,12-15H2,1-4H3,(H2,38,40,41,42)/b22-19+,36-18?. The number of nitrogens with zero attached hydrogens (tertiary/aromatic N) is 4. The Morgan fingerprint density at radius 3 is 2.61 bits per heavy atom. The molecule has 0 bridgehead atoms. The number of methoxy groups -OCH3 is 1. The Labute approximate surface area is 279 Å². The van der Waals surface area contributed by atoms with Gasteiger partial charge in [0.2, 0.25) is 5.95 Å². The maximum Gasteiger partial charge on any atom is 0.229 e. The van der Waals surface area contributed by atoms with E-state index in [1.54, 1.807) is 13.3 Å². The van der Waals surface area contributed by atoms with E-state index in [2.05, 4.69) is 79.4 Å². The van der Waals surface area contributed by atoms with E-state index in [0.717, 1.165) is 52.1 Å². The van der Waals surface area contributed by atoms with Crippen LogP contribution in [0.15, 0.2) is 53.3 Å². The fourth-order valence-electron chi connectivity index (χ4n) is 5.70. The van der Waals surface area contributed by atoms with Crippen LogP contribution in [0.5, 0.6) is 5.75 Å². The number of hydrogen-bond acceptors (Lipinski definition) is 10. The SMILES string of the molecule is CCN/C=C(\C=N)c1cc(Nc2ncc(Br)c(Nc3ccc4nc(C5CC5)ccc4c3P(C)C)n2)c(OC)cc1N1CCOCC1. The van der Waals surface area contributed by atoms with E-state index in [1.807, 2.05) is 25.3 Å². The Kier molecular flexibility index (Phi) is 10.0. The van der Waals surface area contributed by atoms with Gasteiger partial charge >= 0.3 is 0 Å². The van der Waals surface area contributed by atoms with E-state index in [1.165, 1.54) is 35.4 Å². The molecule has 6 rings (SSSR count). The molecule has 0 spiro atoms. The van der Waals surface area contributed by atoms with Crippen LogP contribution in [0, 0.1) is 5.41 Å².